The molecule has 0 bridgehead atoms. The van der Waals surface area contributed by atoms with Gasteiger partial charge >= 0.3 is 5.97 Å². The average Bonchev–Trinajstić information content (AvgIpc) is 2.80. The fraction of sp³-hybridized carbons (Fsp3) is 0.923. The van der Waals surface area contributed by atoms with E-state index in [0.29, 0.717) is 6.42 Å². The van der Waals surface area contributed by atoms with Crippen molar-refractivity contribution in [3.8, 4) is 0 Å². The number of unbranched alkanes of at least 4 members (excludes halogenated alkanes) is 2. The second-order valence-electron chi connectivity index (χ2n) is 4.61. The standard InChI is InChI=1S/C13H24O3/c1-15-13(14)9-3-2-6-10-16-11-12-7-4-5-8-12/h12H,2-11H2,1H3. The second-order valence-corrected chi connectivity index (χ2v) is 4.61. The van der Waals surface area contributed by atoms with Gasteiger partial charge in [-0.1, -0.05) is 19.3 Å². The quantitative estimate of drug-likeness (QED) is 0.473. The van der Waals surface area contributed by atoms with Crippen molar-refractivity contribution in [2.24, 2.45) is 5.92 Å². The second kappa shape index (κ2) is 8.57. The van der Waals surface area contributed by atoms with E-state index in [-0.39, 0.29) is 5.97 Å². The van der Waals surface area contributed by atoms with Crippen LogP contribution >= 0.6 is 0 Å². The minimum absolute atomic E-state index is 0.105. The van der Waals surface area contributed by atoms with E-state index in [0.717, 1.165) is 38.4 Å². The van der Waals surface area contributed by atoms with Crippen molar-refractivity contribution in [2.45, 2.75) is 51.4 Å². The Morgan fingerprint density at radius 2 is 1.94 bits per heavy atom. The zero-order valence-corrected chi connectivity index (χ0v) is 10.4. The third kappa shape index (κ3) is 6.11. The van der Waals surface area contributed by atoms with Crippen LogP contribution in [0.1, 0.15) is 51.4 Å². The Balaban J connectivity index is 1.79. The molecule has 3 nitrogen and oxygen atoms in total. The van der Waals surface area contributed by atoms with Gasteiger partial charge in [0.15, 0.2) is 0 Å². The number of carbonyl (C=O) groups is 1. The lowest BCUT2D eigenvalue weighted by molar-refractivity contribution is -0.140. The number of carbonyl (C=O) groups excluding carboxylic acids is 1. The summed E-state index contributed by atoms with van der Waals surface area (Å²) in [6.07, 6.45) is 9.03. The highest BCUT2D eigenvalue weighted by Gasteiger charge is 2.14. The summed E-state index contributed by atoms with van der Waals surface area (Å²) in [5.41, 5.74) is 0. The molecule has 0 unspecified atom stereocenters. The Morgan fingerprint density at radius 1 is 1.19 bits per heavy atom. The molecule has 1 fully saturated rings. The molecule has 0 aliphatic heterocycles. The summed E-state index contributed by atoms with van der Waals surface area (Å²) < 4.78 is 10.2. The molecular formula is C13H24O3. The van der Waals surface area contributed by atoms with Gasteiger partial charge in [-0.05, 0) is 31.6 Å². The molecule has 0 radical (unpaired) electrons. The monoisotopic (exact) mass is 228 g/mol. The molecule has 0 spiro atoms. The number of hydrogen-bond donors (Lipinski definition) is 0. The maximum Gasteiger partial charge on any atom is 0.305 e. The molecule has 0 aromatic heterocycles. The minimum atomic E-state index is -0.105. The highest BCUT2D eigenvalue weighted by molar-refractivity contribution is 5.68. The van der Waals surface area contributed by atoms with Crippen LogP contribution in [0.25, 0.3) is 0 Å². The van der Waals surface area contributed by atoms with Crippen LogP contribution < -0.4 is 0 Å². The van der Waals surface area contributed by atoms with Gasteiger partial charge in [-0.25, -0.2) is 0 Å². The first-order valence-electron chi connectivity index (χ1n) is 6.47. The molecule has 1 rings (SSSR count). The van der Waals surface area contributed by atoms with E-state index in [4.69, 9.17) is 4.74 Å². The van der Waals surface area contributed by atoms with E-state index in [1.807, 2.05) is 0 Å². The van der Waals surface area contributed by atoms with Crippen LogP contribution in [-0.4, -0.2) is 26.3 Å². The summed E-state index contributed by atoms with van der Waals surface area (Å²) in [5.74, 6) is 0.710. The minimum Gasteiger partial charge on any atom is -0.469 e. The summed E-state index contributed by atoms with van der Waals surface area (Å²) >= 11 is 0. The first-order valence-corrected chi connectivity index (χ1v) is 6.47. The van der Waals surface area contributed by atoms with E-state index < -0.39 is 0 Å². The van der Waals surface area contributed by atoms with Crippen LogP contribution in [0.5, 0.6) is 0 Å². The Labute approximate surface area is 98.5 Å². The van der Waals surface area contributed by atoms with Crippen LogP contribution in [0, 0.1) is 5.92 Å². The van der Waals surface area contributed by atoms with Gasteiger partial charge in [0.25, 0.3) is 0 Å². The average molecular weight is 228 g/mol. The fourth-order valence-corrected chi connectivity index (χ4v) is 2.18. The number of methoxy groups -OCH3 is 1. The summed E-state index contributed by atoms with van der Waals surface area (Å²) in [5, 5.41) is 0. The van der Waals surface area contributed by atoms with Gasteiger partial charge < -0.3 is 9.47 Å². The van der Waals surface area contributed by atoms with Crippen molar-refractivity contribution in [3.05, 3.63) is 0 Å². The molecule has 1 aliphatic rings. The zero-order valence-electron chi connectivity index (χ0n) is 10.4. The summed E-state index contributed by atoms with van der Waals surface area (Å²) in [7, 11) is 1.44. The molecule has 94 valence electrons. The van der Waals surface area contributed by atoms with E-state index in [1.54, 1.807) is 0 Å². The lowest BCUT2D eigenvalue weighted by Gasteiger charge is -2.09. The molecule has 0 amide bonds. The number of hydrogen-bond acceptors (Lipinski definition) is 3. The molecule has 0 aromatic carbocycles. The predicted molar refractivity (Wildman–Crippen MR) is 63.3 cm³/mol. The Morgan fingerprint density at radius 3 is 2.62 bits per heavy atom. The van der Waals surface area contributed by atoms with Gasteiger partial charge in [0.05, 0.1) is 7.11 Å². The number of ether oxygens (including phenoxy) is 2. The van der Waals surface area contributed by atoms with Crippen molar-refractivity contribution in [1.82, 2.24) is 0 Å². The van der Waals surface area contributed by atoms with Gasteiger partial charge in [-0.15, -0.1) is 0 Å². The molecule has 3 heteroatoms. The van der Waals surface area contributed by atoms with Crippen LogP contribution in [-0.2, 0) is 14.3 Å². The molecule has 0 atom stereocenters. The SMILES string of the molecule is COC(=O)CCCCCOCC1CCCC1. The maximum absolute atomic E-state index is 10.8. The van der Waals surface area contributed by atoms with Crippen molar-refractivity contribution >= 4 is 5.97 Å². The molecule has 0 aromatic rings. The molecule has 0 N–H and O–H groups in total. The summed E-state index contributed by atoms with van der Waals surface area (Å²) in [6, 6.07) is 0. The molecule has 0 heterocycles. The first kappa shape index (κ1) is 13.5. The van der Waals surface area contributed by atoms with Crippen LogP contribution in [0.15, 0.2) is 0 Å². The smallest absolute Gasteiger partial charge is 0.305 e. The third-order valence-corrected chi connectivity index (χ3v) is 3.23. The van der Waals surface area contributed by atoms with Gasteiger partial charge in [0, 0.05) is 19.6 Å². The molecule has 16 heavy (non-hydrogen) atoms. The van der Waals surface area contributed by atoms with Gasteiger partial charge in [0.2, 0.25) is 0 Å². The maximum atomic E-state index is 10.8. The Hall–Kier alpha value is -0.570. The summed E-state index contributed by atoms with van der Waals surface area (Å²) in [4.78, 5) is 10.8. The molecule has 1 saturated carbocycles. The van der Waals surface area contributed by atoms with Gasteiger partial charge in [-0.2, -0.15) is 0 Å². The largest absolute Gasteiger partial charge is 0.469 e. The number of rotatable bonds is 8. The zero-order chi connectivity index (χ0) is 11.6. The predicted octanol–water partition coefficient (Wildman–Crippen LogP) is 2.93. The Kier molecular flexibility index (Phi) is 7.23. The highest BCUT2D eigenvalue weighted by atomic mass is 16.5. The highest BCUT2D eigenvalue weighted by Crippen LogP contribution is 2.24. The van der Waals surface area contributed by atoms with E-state index >= 15 is 0 Å². The molecule has 1 aliphatic carbocycles. The van der Waals surface area contributed by atoms with Crippen molar-refractivity contribution in [2.75, 3.05) is 20.3 Å². The van der Waals surface area contributed by atoms with Gasteiger partial charge in [-0.3, -0.25) is 4.79 Å². The van der Waals surface area contributed by atoms with E-state index in [1.165, 1.54) is 32.8 Å². The van der Waals surface area contributed by atoms with E-state index in [2.05, 4.69) is 4.74 Å². The van der Waals surface area contributed by atoms with Crippen LogP contribution in [0.4, 0.5) is 0 Å². The normalized spacial score (nSPS) is 16.6. The van der Waals surface area contributed by atoms with E-state index in [9.17, 15) is 4.79 Å². The van der Waals surface area contributed by atoms with Crippen molar-refractivity contribution in [3.63, 3.8) is 0 Å². The summed E-state index contributed by atoms with van der Waals surface area (Å²) in [6.45, 7) is 1.79. The molecule has 0 saturated heterocycles. The lowest BCUT2D eigenvalue weighted by Crippen LogP contribution is -2.06. The lowest BCUT2D eigenvalue weighted by atomic mass is 10.1. The third-order valence-electron chi connectivity index (χ3n) is 3.23. The van der Waals surface area contributed by atoms with Crippen molar-refractivity contribution in [1.29, 1.82) is 0 Å². The Bertz CT molecular complexity index is 186. The van der Waals surface area contributed by atoms with Crippen LogP contribution in [0.3, 0.4) is 0 Å². The van der Waals surface area contributed by atoms with Crippen molar-refractivity contribution < 1.29 is 14.3 Å². The van der Waals surface area contributed by atoms with Crippen LogP contribution in [0.2, 0.25) is 0 Å². The molecular weight excluding hydrogens is 204 g/mol. The van der Waals surface area contributed by atoms with Gasteiger partial charge in [0.1, 0.15) is 0 Å². The fourth-order valence-electron chi connectivity index (χ4n) is 2.18. The number of esters is 1. The topological polar surface area (TPSA) is 35.5 Å². The first-order chi connectivity index (χ1) is 7.83.